The number of fused-ring (bicyclic) bond motifs is 2. The van der Waals surface area contributed by atoms with Crippen molar-refractivity contribution in [3.63, 3.8) is 0 Å². The van der Waals surface area contributed by atoms with Crippen LogP contribution < -0.4 is 0 Å². The average Bonchev–Trinajstić information content (AvgIpc) is 2.25. The van der Waals surface area contributed by atoms with Crippen molar-refractivity contribution < 1.29 is 14.6 Å². The van der Waals surface area contributed by atoms with E-state index in [1.807, 2.05) is 6.92 Å². The third kappa shape index (κ3) is 0.625. The molecule has 2 heterocycles. The molecule has 3 nitrogen and oxygen atoms in total. The van der Waals surface area contributed by atoms with Gasteiger partial charge in [-0.25, -0.2) is 0 Å². The van der Waals surface area contributed by atoms with Gasteiger partial charge in [-0.05, 0) is 6.92 Å². The van der Waals surface area contributed by atoms with Crippen LogP contribution in [-0.2, 0) is 9.47 Å². The molecule has 0 amide bonds. The normalized spacial score (nSPS) is 56.7. The fraction of sp³-hybridized carbons (Fsp3) is 1.00. The van der Waals surface area contributed by atoms with Crippen LogP contribution in [-0.4, -0.2) is 36.1 Å². The molecule has 2 fully saturated rings. The van der Waals surface area contributed by atoms with Gasteiger partial charge in [-0.15, -0.1) is 0 Å². The summed E-state index contributed by atoms with van der Waals surface area (Å²) < 4.78 is 10.5. The monoisotopic (exact) mass is 130 g/mol. The number of hydrogen-bond donors (Lipinski definition) is 1. The van der Waals surface area contributed by atoms with E-state index in [1.165, 1.54) is 0 Å². The van der Waals surface area contributed by atoms with Gasteiger partial charge in [0.2, 0.25) is 0 Å². The number of hydrogen-bond acceptors (Lipinski definition) is 3. The van der Waals surface area contributed by atoms with Crippen molar-refractivity contribution in [2.75, 3.05) is 6.61 Å². The van der Waals surface area contributed by atoms with Crippen molar-refractivity contribution in [2.45, 2.75) is 31.3 Å². The second-order valence-corrected chi connectivity index (χ2v) is 2.67. The first-order valence-corrected chi connectivity index (χ1v) is 3.24. The minimum Gasteiger partial charge on any atom is -0.387 e. The Labute approximate surface area is 53.6 Å². The van der Waals surface area contributed by atoms with Crippen LogP contribution in [0, 0.1) is 0 Å². The first-order chi connectivity index (χ1) is 4.29. The molecule has 9 heavy (non-hydrogen) atoms. The molecular formula is C6H10O3. The highest BCUT2D eigenvalue weighted by molar-refractivity contribution is 4.94. The summed E-state index contributed by atoms with van der Waals surface area (Å²) in [5.41, 5.74) is 0. The number of aliphatic hydroxyl groups excluding tert-OH is 1. The zero-order valence-corrected chi connectivity index (χ0v) is 5.28. The molecule has 1 N–H and O–H groups in total. The summed E-state index contributed by atoms with van der Waals surface area (Å²) in [6, 6.07) is 0. The van der Waals surface area contributed by atoms with Crippen LogP contribution in [0.2, 0.25) is 0 Å². The molecule has 52 valence electrons. The highest BCUT2D eigenvalue weighted by Gasteiger charge is 2.47. The van der Waals surface area contributed by atoms with E-state index in [4.69, 9.17) is 9.47 Å². The quantitative estimate of drug-likeness (QED) is 0.482. The molecule has 0 aromatic carbocycles. The molecule has 0 spiro atoms. The summed E-state index contributed by atoms with van der Waals surface area (Å²) in [6.45, 7) is 2.49. The molecule has 2 aliphatic heterocycles. The summed E-state index contributed by atoms with van der Waals surface area (Å²) in [5, 5.41) is 9.25. The topological polar surface area (TPSA) is 38.7 Å². The maximum Gasteiger partial charge on any atom is 0.112 e. The summed E-state index contributed by atoms with van der Waals surface area (Å²) in [5.74, 6) is 0. The summed E-state index contributed by atoms with van der Waals surface area (Å²) in [4.78, 5) is 0. The largest absolute Gasteiger partial charge is 0.387 e. The average molecular weight is 130 g/mol. The molecule has 2 saturated heterocycles. The van der Waals surface area contributed by atoms with Crippen molar-refractivity contribution in [2.24, 2.45) is 0 Å². The maximum absolute atomic E-state index is 9.25. The van der Waals surface area contributed by atoms with Crippen LogP contribution in [0.3, 0.4) is 0 Å². The highest BCUT2D eigenvalue weighted by Crippen LogP contribution is 2.30. The predicted molar refractivity (Wildman–Crippen MR) is 30.1 cm³/mol. The van der Waals surface area contributed by atoms with E-state index in [9.17, 15) is 5.11 Å². The Balaban J connectivity index is 2.16. The lowest BCUT2D eigenvalue weighted by Gasteiger charge is -2.17. The van der Waals surface area contributed by atoms with Crippen molar-refractivity contribution in [1.29, 1.82) is 0 Å². The minimum absolute atomic E-state index is 0.0509. The van der Waals surface area contributed by atoms with Crippen molar-refractivity contribution >= 4 is 0 Å². The lowest BCUT2D eigenvalue weighted by Crippen LogP contribution is -2.27. The fourth-order valence-electron chi connectivity index (χ4n) is 1.50. The second kappa shape index (κ2) is 1.68. The first kappa shape index (κ1) is 5.65. The second-order valence-electron chi connectivity index (χ2n) is 2.67. The zero-order chi connectivity index (χ0) is 6.43. The van der Waals surface area contributed by atoms with Crippen molar-refractivity contribution in [3.8, 4) is 0 Å². The van der Waals surface area contributed by atoms with E-state index in [0.717, 1.165) is 0 Å². The standard InChI is InChI=1S/C6H10O3/c1-3-6-5(7)4(9-3)2-8-6/h3-7H,2H2,1H3/t3?,4?,5-,6?/m1/s1. The van der Waals surface area contributed by atoms with Gasteiger partial charge in [0.15, 0.2) is 0 Å². The van der Waals surface area contributed by atoms with Gasteiger partial charge in [-0.3, -0.25) is 0 Å². The SMILES string of the molecule is CC1OC2COC1[C@@H]2O. The molecule has 0 aromatic heterocycles. The summed E-state index contributed by atoms with van der Waals surface area (Å²) >= 11 is 0. The molecule has 2 bridgehead atoms. The molecule has 3 unspecified atom stereocenters. The third-order valence-electron chi connectivity index (χ3n) is 2.02. The molecule has 0 aliphatic carbocycles. The van der Waals surface area contributed by atoms with Crippen LogP contribution in [0.5, 0.6) is 0 Å². The molecule has 3 heteroatoms. The van der Waals surface area contributed by atoms with Gasteiger partial charge in [0.25, 0.3) is 0 Å². The lowest BCUT2D eigenvalue weighted by molar-refractivity contribution is -0.0838. The Kier molecular flexibility index (Phi) is 1.06. The Morgan fingerprint density at radius 1 is 1.56 bits per heavy atom. The van der Waals surface area contributed by atoms with Gasteiger partial charge in [-0.1, -0.05) is 0 Å². The molecule has 0 aromatic rings. The number of aliphatic hydroxyl groups is 1. The molecule has 2 aliphatic rings. The Bertz CT molecular complexity index is 125. The highest BCUT2D eigenvalue weighted by atomic mass is 16.6. The van der Waals surface area contributed by atoms with E-state index in [2.05, 4.69) is 0 Å². The van der Waals surface area contributed by atoms with Gasteiger partial charge in [0.05, 0.1) is 12.7 Å². The molecule has 0 radical (unpaired) electrons. The van der Waals surface area contributed by atoms with E-state index >= 15 is 0 Å². The van der Waals surface area contributed by atoms with Gasteiger partial charge in [0, 0.05) is 0 Å². The Morgan fingerprint density at radius 2 is 2.33 bits per heavy atom. The van der Waals surface area contributed by atoms with Crippen LogP contribution in [0.4, 0.5) is 0 Å². The van der Waals surface area contributed by atoms with E-state index < -0.39 is 0 Å². The Morgan fingerprint density at radius 3 is 2.56 bits per heavy atom. The molecule has 0 saturated carbocycles. The molecule has 4 atom stereocenters. The van der Waals surface area contributed by atoms with E-state index in [0.29, 0.717) is 6.61 Å². The van der Waals surface area contributed by atoms with Crippen LogP contribution in [0.15, 0.2) is 0 Å². The number of ether oxygens (including phenoxy) is 2. The van der Waals surface area contributed by atoms with Crippen molar-refractivity contribution in [3.05, 3.63) is 0 Å². The van der Waals surface area contributed by atoms with E-state index in [-0.39, 0.29) is 24.4 Å². The maximum atomic E-state index is 9.25. The first-order valence-electron chi connectivity index (χ1n) is 3.24. The van der Waals surface area contributed by atoms with Gasteiger partial charge in [0.1, 0.15) is 18.3 Å². The van der Waals surface area contributed by atoms with Crippen LogP contribution in [0.1, 0.15) is 6.92 Å². The lowest BCUT2D eigenvalue weighted by atomic mass is 10.1. The van der Waals surface area contributed by atoms with Crippen LogP contribution in [0.25, 0.3) is 0 Å². The smallest absolute Gasteiger partial charge is 0.112 e. The minimum atomic E-state index is -0.375. The summed E-state index contributed by atoms with van der Waals surface area (Å²) in [6.07, 6.45) is -0.404. The van der Waals surface area contributed by atoms with Gasteiger partial charge in [-0.2, -0.15) is 0 Å². The van der Waals surface area contributed by atoms with Crippen molar-refractivity contribution in [1.82, 2.24) is 0 Å². The molecular weight excluding hydrogens is 120 g/mol. The van der Waals surface area contributed by atoms with Gasteiger partial charge < -0.3 is 14.6 Å². The van der Waals surface area contributed by atoms with Crippen LogP contribution >= 0.6 is 0 Å². The number of rotatable bonds is 0. The Hall–Kier alpha value is -0.120. The fourth-order valence-corrected chi connectivity index (χ4v) is 1.50. The molecule has 2 rings (SSSR count). The summed E-state index contributed by atoms with van der Waals surface area (Å²) in [7, 11) is 0. The zero-order valence-electron chi connectivity index (χ0n) is 5.28. The van der Waals surface area contributed by atoms with Gasteiger partial charge >= 0.3 is 0 Å². The van der Waals surface area contributed by atoms with E-state index in [1.54, 1.807) is 0 Å². The third-order valence-corrected chi connectivity index (χ3v) is 2.02. The predicted octanol–water partition coefficient (Wildman–Crippen LogP) is -0.467.